The van der Waals surface area contributed by atoms with E-state index in [0.717, 1.165) is 17.5 Å². The minimum atomic E-state index is 0.0525. The van der Waals surface area contributed by atoms with Crippen molar-refractivity contribution in [2.45, 2.75) is 33.2 Å². The van der Waals surface area contributed by atoms with Crippen LogP contribution in [-0.2, 0) is 0 Å². The molecule has 2 aromatic rings. The third-order valence-corrected chi connectivity index (χ3v) is 3.29. The molecule has 0 saturated heterocycles. The Labute approximate surface area is 106 Å². The molecule has 1 N–H and O–H groups in total. The van der Waals surface area contributed by atoms with Crippen LogP contribution in [0.1, 0.15) is 37.6 Å². The topological polar surface area (TPSA) is 61.9 Å². The summed E-state index contributed by atoms with van der Waals surface area (Å²) in [5.74, 6) is 0.0525. The summed E-state index contributed by atoms with van der Waals surface area (Å²) < 4.78 is 0. The SMILES string of the molecule is CCC(C)N(CC)C(=O)c1ccc2n[nH]nc2c1. The Morgan fingerprint density at radius 2 is 2.06 bits per heavy atom. The molecule has 96 valence electrons. The van der Waals surface area contributed by atoms with E-state index < -0.39 is 0 Å². The number of nitrogens with zero attached hydrogens (tertiary/aromatic N) is 3. The number of hydrogen-bond acceptors (Lipinski definition) is 3. The summed E-state index contributed by atoms with van der Waals surface area (Å²) in [4.78, 5) is 14.3. The van der Waals surface area contributed by atoms with Crippen LogP contribution in [-0.4, -0.2) is 38.8 Å². The average molecular weight is 246 g/mol. The van der Waals surface area contributed by atoms with Gasteiger partial charge in [-0.25, -0.2) is 0 Å². The number of rotatable bonds is 4. The molecule has 5 heteroatoms. The Morgan fingerprint density at radius 3 is 2.72 bits per heavy atom. The normalized spacial score (nSPS) is 12.6. The highest BCUT2D eigenvalue weighted by Crippen LogP contribution is 2.15. The van der Waals surface area contributed by atoms with Crippen LogP contribution in [0.15, 0.2) is 18.2 Å². The number of H-pyrrole nitrogens is 1. The van der Waals surface area contributed by atoms with E-state index in [1.54, 1.807) is 12.1 Å². The van der Waals surface area contributed by atoms with Gasteiger partial charge in [-0.15, -0.1) is 0 Å². The van der Waals surface area contributed by atoms with Gasteiger partial charge in [0.1, 0.15) is 11.0 Å². The molecule has 5 nitrogen and oxygen atoms in total. The lowest BCUT2D eigenvalue weighted by molar-refractivity contribution is 0.0700. The first-order chi connectivity index (χ1) is 8.67. The number of carbonyl (C=O) groups is 1. The summed E-state index contributed by atoms with van der Waals surface area (Å²) in [6.07, 6.45) is 0.950. The van der Waals surface area contributed by atoms with Crippen molar-refractivity contribution in [1.82, 2.24) is 20.3 Å². The molecule has 1 unspecified atom stereocenters. The van der Waals surface area contributed by atoms with Crippen molar-refractivity contribution in [2.75, 3.05) is 6.54 Å². The van der Waals surface area contributed by atoms with Crippen molar-refractivity contribution >= 4 is 16.9 Å². The van der Waals surface area contributed by atoms with Gasteiger partial charge in [0.2, 0.25) is 0 Å². The van der Waals surface area contributed by atoms with E-state index in [2.05, 4.69) is 29.3 Å². The number of hydrogen-bond donors (Lipinski definition) is 1. The first-order valence-electron chi connectivity index (χ1n) is 6.28. The smallest absolute Gasteiger partial charge is 0.254 e. The Kier molecular flexibility index (Phi) is 3.60. The fourth-order valence-corrected chi connectivity index (χ4v) is 2.01. The maximum absolute atomic E-state index is 12.4. The highest BCUT2D eigenvalue weighted by molar-refractivity contribution is 5.97. The molecule has 0 aliphatic heterocycles. The van der Waals surface area contributed by atoms with Crippen LogP contribution in [0, 0.1) is 0 Å². The summed E-state index contributed by atoms with van der Waals surface area (Å²) in [7, 11) is 0. The van der Waals surface area contributed by atoms with E-state index in [4.69, 9.17) is 0 Å². The fraction of sp³-hybridized carbons (Fsp3) is 0.462. The number of amides is 1. The van der Waals surface area contributed by atoms with Gasteiger partial charge >= 0.3 is 0 Å². The van der Waals surface area contributed by atoms with Crippen LogP contribution >= 0.6 is 0 Å². The lowest BCUT2D eigenvalue weighted by Gasteiger charge is -2.27. The molecule has 0 saturated carbocycles. The number of fused-ring (bicyclic) bond motifs is 1. The second-order valence-electron chi connectivity index (χ2n) is 4.38. The molecule has 1 amide bonds. The summed E-state index contributed by atoms with van der Waals surface area (Å²) in [6.45, 7) is 6.86. The minimum absolute atomic E-state index is 0.0525. The zero-order chi connectivity index (χ0) is 13.1. The maximum Gasteiger partial charge on any atom is 0.254 e. The molecule has 18 heavy (non-hydrogen) atoms. The molecule has 0 spiro atoms. The largest absolute Gasteiger partial charge is 0.336 e. The number of nitrogens with one attached hydrogen (secondary N) is 1. The van der Waals surface area contributed by atoms with Gasteiger partial charge in [0.25, 0.3) is 5.91 Å². The van der Waals surface area contributed by atoms with Crippen molar-refractivity contribution < 1.29 is 4.79 Å². The quantitative estimate of drug-likeness (QED) is 0.899. The van der Waals surface area contributed by atoms with Crippen molar-refractivity contribution in [3.63, 3.8) is 0 Å². The zero-order valence-electron chi connectivity index (χ0n) is 11.0. The zero-order valence-corrected chi connectivity index (χ0v) is 11.0. The Morgan fingerprint density at radius 1 is 1.33 bits per heavy atom. The van der Waals surface area contributed by atoms with Crippen molar-refractivity contribution in [3.05, 3.63) is 23.8 Å². The van der Waals surface area contributed by atoms with Gasteiger partial charge in [-0.1, -0.05) is 6.92 Å². The van der Waals surface area contributed by atoms with E-state index in [9.17, 15) is 4.79 Å². The Balaban J connectivity index is 2.31. The van der Waals surface area contributed by atoms with Crippen molar-refractivity contribution in [3.8, 4) is 0 Å². The predicted octanol–water partition coefficient (Wildman–Crippen LogP) is 2.22. The molecule has 1 aromatic carbocycles. The van der Waals surface area contributed by atoms with Crippen LogP contribution in [0.25, 0.3) is 11.0 Å². The van der Waals surface area contributed by atoms with E-state index in [1.807, 2.05) is 17.9 Å². The minimum Gasteiger partial charge on any atom is -0.336 e. The number of aromatic nitrogens is 3. The first-order valence-corrected chi connectivity index (χ1v) is 6.28. The predicted molar refractivity (Wildman–Crippen MR) is 70.4 cm³/mol. The molecule has 0 fully saturated rings. The molecule has 1 atom stereocenters. The van der Waals surface area contributed by atoms with Gasteiger partial charge in [0.15, 0.2) is 0 Å². The van der Waals surface area contributed by atoms with Crippen LogP contribution in [0.3, 0.4) is 0 Å². The standard InChI is InChI=1S/C13H18N4O/c1-4-9(3)17(5-2)13(18)10-6-7-11-12(8-10)15-16-14-11/h6-9H,4-5H2,1-3H3,(H,14,15,16). The number of carbonyl (C=O) groups excluding carboxylic acids is 1. The summed E-state index contributed by atoms with van der Waals surface area (Å²) in [5, 5.41) is 10.5. The van der Waals surface area contributed by atoms with Crippen molar-refractivity contribution in [2.24, 2.45) is 0 Å². The third kappa shape index (κ3) is 2.20. The first kappa shape index (κ1) is 12.5. The lowest BCUT2D eigenvalue weighted by atomic mass is 10.1. The van der Waals surface area contributed by atoms with Gasteiger partial charge in [-0.3, -0.25) is 4.79 Å². The highest BCUT2D eigenvalue weighted by Gasteiger charge is 2.19. The molecule has 0 aliphatic carbocycles. The average Bonchev–Trinajstić information content (AvgIpc) is 2.86. The molecule has 0 radical (unpaired) electrons. The third-order valence-electron chi connectivity index (χ3n) is 3.29. The molecule has 1 aromatic heterocycles. The lowest BCUT2D eigenvalue weighted by Crippen LogP contribution is -2.38. The van der Waals surface area contributed by atoms with Crippen LogP contribution in [0.2, 0.25) is 0 Å². The number of aromatic amines is 1. The van der Waals surface area contributed by atoms with Crippen LogP contribution in [0.5, 0.6) is 0 Å². The van der Waals surface area contributed by atoms with Gasteiger partial charge in [-0.05, 0) is 38.5 Å². The second kappa shape index (κ2) is 5.16. The fourth-order valence-electron chi connectivity index (χ4n) is 2.01. The molecular formula is C13H18N4O. The van der Waals surface area contributed by atoms with Gasteiger partial charge in [0.05, 0.1) is 0 Å². The highest BCUT2D eigenvalue weighted by atomic mass is 16.2. The molecule has 0 aliphatic rings. The van der Waals surface area contributed by atoms with Crippen LogP contribution < -0.4 is 0 Å². The van der Waals surface area contributed by atoms with E-state index in [-0.39, 0.29) is 11.9 Å². The Bertz CT molecular complexity index is 549. The summed E-state index contributed by atoms with van der Waals surface area (Å²) >= 11 is 0. The summed E-state index contributed by atoms with van der Waals surface area (Å²) in [5.41, 5.74) is 2.16. The van der Waals surface area contributed by atoms with Gasteiger partial charge in [-0.2, -0.15) is 15.4 Å². The van der Waals surface area contributed by atoms with E-state index in [1.165, 1.54) is 0 Å². The monoisotopic (exact) mass is 246 g/mol. The second-order valence-corrected chi connectivity index (χ2v) is 4.38. The van der Waals surface area contributed by atoms with Crippen molar-refractivity contribution in [1.29, 1.82) is 0 Å². The van der Waals surface area contributed by atoms with E-state index in [0.29, 0.717) is 12.1 Å². The molecule has 0 bridgehead atoms. The summed E-state index contributed by atoms with van der Waals surface area (Å²) in [6, 6.07) is 5.65. The van der Waals surface area contributed by atoms with E-state index >= 15 is 0 Å². The van der Waals surface area contributed by atoms with Crippen LogP contribution in [0.4, 0.5) is 0 Å². The molecular weight excluding hydrogens is 228 g/mol. The van der Waals surface area contributed by atoms with Gasteiger partial charge in [0, 0.05) is 18.2 Å². The molecule has 1 heterocycles. The molecule has 2 rings (SSSR count). The Hall–Kier alpha value is -1.91. The maximum atomic E-state index is 12.4. The van der Waals surface area contributed by atoms with Gasteiger partial charge < -0.3 is 4.90 Å². The number of benzene rings is 1.